The van der Waals surface area contributed by atoms with Gasteiger partial charge in [-0.25, -0.2) is 9.18 Å². The second-order valence-corrected chi connectivity index (χ2v) is 10.1. The minimum Gasteiger partial charge on any atom is -0.490 e. The van der Waals surface area contributed by atoms with Crippen molar-refractivity contribution in [3.05, 3.63) is 112 Å². The Labute approximate surface area is 223 Å². The summed E-state index contributed by atoms with van der Waals surface area (Å²) in [5.74, 6) is 0.634. The van der Waals surface area contributed by atoms with Gasteiger partial charge in [0.2, 0.25) is 0 Å². The molecule has 0 saturated heterocycles. The Morgan fingerprint density at radius 1 is 1.03 bits per heavy atom. The molecule has 1 unspecified atom stereocenters. The largest absolute Gasteiger partial charge is 0.490 e. The van der Waals surface area contributed by atoms with E-state index in [1.807, 2.05) is 54.6 Å². The zero-order valence-corrected chi connectivity index (χ0v) is 22.2. The molecule has 4 aromatic carbocycles. The van der Waals surface area contributed by atoms with Crippen LogP contribution in [-0.4, -0.2) is 25.7 Å². The van der Waals surface area contributed by atoms with E-state index >= 15 is 0 Å². The number of fused-ring (bicyclic) bond motifs is 2. The van der Waals surface area contributed by atoms with Gasteiger partial charge in [0.15, 0.2) is 0 Å². The normalized spacial score (nSPS) is 17.5. The van der Waals surface area contributed by atoms with Crippen molar-refractivity contribution in [2.45, 2.75) is 51.2 Å². The molecule has 0 radical (unpaired) electrons. The van der Waals surface area contributed by atoms with Crippen molar-refractivity contribution in [1.29, 1.82) is 0 Å². The van der Waals surface area contributed by atoms with Crippen molar-refractivity contribution in [2.75, 3.05) is 13.7 Å². The van der Waals surface area contributed by atoms with Crippen molar-refractivity contribution in [3.63, 3.8) is 0 Å². The van der Waals surface area contributed by atoms with E-state index in [1.54, 1.807) is 6.07 Å². The number of hydrogen-bond acceptors (Lipinski definition) is 4. The van der Waals surface area contributed by atoms with E-state index < -0.39 is 0 Å². The zero-order chi connectivity index (χ0) is 26.6. The summed E-state index contributed by atoms with van der Waals surface area (Å²) in [5, 5.41) is 5.24. The highest BCUT2D eigenvalue weighted by Crippen LogP contribution is 2.42. The Morgan fingerprint density at radius 3 is 2.58 bits per heavy atom. The fourth-order valence-corrected chi connectivity index (χ4v) is 5.70. The summed E-state index contributed by atoms with van der Waals surface area (Å²) >= 11 is 0. The van der Waals surface area contributed by atoms with E-state index in [9.17, 15) is 9.18 Å². The number of carbonyl (C=O) groups excluding carboxylic acids is 1. The molecule has 0 aromatic heterocycles. The molecule has 196 valence electrons. The first-order valence-electron chi connectivity index (χ1n) is 13.3. The van der Waals surface area contributed by atoms with Crippen LogP contribution >= 0.6 is 0 Å². The molecular formula is C33H34FNO3. The summed E-state index contributed by atoms with van der Waals surface area (Å²) in [5.41, 5.74) is 5.16. The van der Waals surface area contributed by atoms with Gasteiger partial charge < -0.3 is 14.8 Å². The average molecular weight is 512 g/mol. The standard InChI is InChI=1S/C33H34FNO3/c1-21-19-23(33(36)37-3)14-15-25(21)30-20-24(38-32-13-7-6-12-29(30)32)9-8-18-35-22(2)26-16-17-31(34)28-11-5-4-10-27(26)28/h4-7,10-17,19,22,24,30,35H,8-9,18,20H2,1-3H3/t22?,24-,30-/m0/s1. The van der Waals surface area contributed by atoms with Crippen LogP contribution in [-0.2, 0) is 4.74 Å². The van der Waals surface area contributed by atoms with Crippen LogP contribution in [0.2, 0.25) is 0 Å². The maximum absolute atomic E-state index is 14.2. The Bertz CT molecular complexity index is 1450. The number of nitrogens with one attached hydrogen (secondary N) is 1. The Morgan fingerprint density at radius 2 is 1.79 bits per heavy atom. The van der Waals surface area contributed by atoms with Gasteiger partial charge in [-0.05, 0) is 86.0 Å². The number of methoxy groups -OCH3 is 1. The minimum absolute atomic E-state index is 0.0957. The first kappa shape index (κ1) is 25.9. The van der Waals surface area contributed by atoms with E-state index in [0.717, 1.165) is 48.1 Å². The van der Waals surface area contributed by atoms with E-state index in [4.69, 9.17) is 9.47 Å². The van der Waals surface area contributed by atoms with Crippen LogP contribution in [0.25, 0.3) is 10.8 Å². The molecule has 38 heavy (non-hydrogen) atoms. The van der Waals surface area contributed by atoms with Crippen LogP contribution in [0.4, 0.5) is 4.39 Å². The molecule has 1 heterocycles. The molecule has 5 rings (SSSR count). The Hall–Kier alpha value is -3.70. The molecule has 1 N–H and O–H groups in total. The second kappa shape index (κ2) is 11.4. The smallest absolute Gasteiger partial charge is 0.337 e. The zero-order valence-electron chi connectivity index (χ0n) is 22.2. The number of benzene rings is 4. The quantitative estimate of drug-likeness (QED) is 0.197. The van der Waals surface area contributed by atoms with Gasteiger partial charge in [-0.2, -0.15) is 0 Å². The monoisotopic (exact) mass is 511 g/mol. The van der Waals surface area contributed by atoms with Gasteiger partial charge in [0.1, 0.15) is 11.6 Å². The van der Waals surface area contributed by atoms with Gasteiger partial charge in [-0.15, -0.1) is 0 Å². The fraction of sp³-hybridized carbons (Fsp3) is 0.303. The summed E-state index contributed by atoms with van der Waals surface area (Å²) in [6.45, 7) is 5.02. The van der Waals surface area contributed by atoms with Crippen LogP contribution in [0, 0.1) is 12.7 Å². The maximum atomic E-state index is 14.2. The number of hydrogen-bond donors (Lipinski definition) is 1. The van der Waals surface area contributed by atoms with E-state index in [2.05, 4.69) is 37.4 Å². The number of esters is 1. The highest BCUT2D eigenvalue weighted by atomic mass is 19.1. The minimum atomic E-state index is -0.319. The van der Waals surface area contributed by atoms with Gasteiger partial charge in [0, 0.05) is 22.9 Å². The summed E-state index contributed by atoms with van der Waals surface area (Å²) in [4.78, 5) is 12.0. The van der Waals surface area contributed by atoms with E-state index in [0.29, 0.717) is 10.9 Å². The molecule has 3 atom stereocenters. The molecular weight excluding hydrogens is 477 g/mol. The highest BCUT2D eigenvalue weighted by Gasteiger charge is 2.30. The Balaban J connectivity index is 1.25. The topological polar surface area (TPSA) is 47.6 Å². The average Bonchev–Trinajstić information content (AvgIpc) is 2.94. The summed E-state index contributed by atoms with van der Waals surface area (Å²) in [6.07, 6.45) is 2.86. The van der Waals surface area contributed by atoms with E-state index in [1.165, 1.54) is 18.2 Å². The molecule has 0 aliphatic carbocycles. The molecule has 0 amide bonds. The van der Waals surface area contributed by atoms with Crippen LogP contribution in [0.3, 0.4) is 0 Å². The van der Waals surface area contributed by atoms with Crippen LogP contribution in [0.5, 0.6) is 5.75 Å². The molecule has 4 nitrogen and oxygen atoms in total. The lowest BCUT2D eigenvalue weighted by Crippen LogP contribution is -2.28. The van der Waals surface area contributed by atoms with Crippen LogP contribution in [0.15, 0.2) is 78.9 Å². The molecule has 4 aromatic rings. The second-order valence-electron chi connectivity index (χ2n) is 10.1. The van der Waals surface area contributed by atoms with Gasteiger partial charge in [0.05, 0.1) is 18.8 Å². The molecule has 0 fully saturated rings. The lowest BCUT2D eigenvalue weighted by Gasteiger charge is -2.33. The number of halogens is 1. The van der Waals surface area contributed by atoms with Crippen LogP contribution < -0.4 is 10.1 Å². The van der Waals surface area contributed by atoms with Crippen molar-refractivity contribution in [2.24, 2.45) is 0 Å². The lowest BCUT2D eigenvalue weighted by atomic mass is 9.81. The number of rotatable bonds is 8. The molecule has 0 saturated carbocycles. The molecule has 1 aliphatic rings. The van der Waals surface area contributed by atoms with Crippen LogP contribution in [0.1, 0.15) is 70.8 Å². The number of carbonyl (C=O) groups is 1. The van der Waals surface area contributed by atoms with Crippen molar-refractivity contribution < 1.29 is 18.7 Å². The predicted molar refractivity (Wildman–Crippen MR) is 149 cm³/mol. The SMILES string of the molecule is COC(=O)c1ccc([C@@H]2C[C@H](CCCNC(C)c3ccc(F)c4ccccc34)Oc3ccccc32)c(C)c1. The van der Waals surface area contributed by atoms with Crippen molar-refractivity contribution in [1.82, 2.24) is 5.32 Å². The molecule has 0 spiro atoms. The number of aryl methyl sites for hydroxylation is 1. The summed E-state index contributed by atoms with van der Waals surface area (Å²) < 4.78 is 25.6. The Kier molecular flexibility index (Phi) is 7.75. The van der Waals surface area contributed by atoms with E-state index in [-0.39, 0.29) is 29.9 Å². The molecule has 0 bridgehead atoms. The van der Waals surface area contributed by atoms with Crippen molar-refractivity contribution >= 4 is 16.7 Å². The van der Waals surface area contributed by atoms with Gasteiger partial charge >= 0.3 is 5.97 Å². The third kappa shape index (κ3) is 5.30. The third-order valence-corrected chi connectivity index (χ3v) is 7.68. The lowest BCUT2D eigenvalue weighted by molar-refractivity contribution is 0.0600. The highest BCUT2D eigenvalue weighted by molar-refractivity contribution is 5.89. The predicted octanol–water partition coefficient (Wildman–Crippen LogP) is 7.49. The molecule has 5 heteroatoms. The van der Waals surface area contributed by atoms with Gasteiger partial charge in [-0.3, -0.25) is 0 Å². The first-order valence-corrected chi connectivity index (χ1v) is 13.3. The summed E-state index contributed by atoms with van der Waals surface area (Å²) in [6, 6.07) is 25.3. The number of ether oxygens (including phenoxy) is 2. The fourth-order valence-electron chi connectivity index (χ4n) is 5.70. The number of para-hydroxylation sites is 1. The first-order chi connectivity index (χ1) is 18.5. The third-order valence-electron chi connectivity index (χ3n) is 7.68. The van der Waals surface area contributed by atoms with Gasteiger partial charge in [-0.1, -0.05) is 54.6 Å². The summed E-state index contributed by atoms with van der Waals surface area (Å²) in [7, 11) is 1.41. The van der Waals surface area contributed by atoms with Gasteiger partial charge in [0.25, 0.3) is 0 Å². The van der Waals surface area contributed by atoms with Crippen molar-refractivity contribution in [3.8, 4) is 5.75 Å². The maximum Gasteiger partial charge on any atom is 0.337 e. The molecule has 1 aliphatic heterocycles.